The van der Waals surface area contributed by atoms with Crippen LogP contribution < -0.4 is 4.74 Å². The van der Waals surface area contributed by atoms with Crippen molar-refractivity contribution in [1.29, 1.82) is 0 Å². The van der Waals surface area contributed by atoms with Gasteiger partial charge in [0.15, 0.2) is 0 Å². The Kier molecular flexibility index (Phi) is 4.69. The minimum atomic E-state index is -2.95. The Bertz CT molecular complexity index is 633. The van der Waals surface area contributed by atoms with E-state index < -0.39 is 18.5 Å². The van der Waals surface area contributed by atoms with E-state index in [0.717, 1.165) is 12.8 Å². The molecule has 1 N–H and O–H groups in total. The van der Waals surface area contributed by atoms with Crippen LogP contribution in [0.2, 0.25) is 0 Å². The fourth-order valence-electron chi connectivity index (χ4n) is 3.43. The van der Waals surface area contributed by atoms with Crippen molar-refractivity contribution in [2.24, 2.45) is 17.8 Å². The van der Waals surface area contributed by atoms with Crippen molar-refractivity contribution in [3.05, 3.63) is 29.8 Å². The maximum absolute atomic E-state index is 12.5. The number of amides is 1. The van der Waals surface area contributed by atoms with Crippen LogP contribution in [0, 0.1) is 17.8 Å². The molecule has 130 valence electrons. The van der Waals surface area contributed by atoms with Crippen LogP contribution in [0.3, 0.4) is 0 Å². The number of aliphatic carboxylic acids is 1. The number of benzene rings is 1. The summed E-state index contributed by atoms with van der Waals surface area (Å²) in [4.78, 5) is 25.4. The largest absolute Gasteiger partial charge is 0.481 e. The third-order valence-electron chi connectivity index (χ3n) is 4.79. The minimum absolute atomic E-state index is 0.000919. The Morgan fingerprint density at radius 2 is 1.96 bits per heavy atom. The minimum Gasteiger partial charge on any atom is -0.481 e. The van der Waals surface area contributed by atoms with E-state index in [9.17, 15) is 23.5 Å². The molecule has 24 heavy (non-hydrogen) atoms. The van der Waals surface area contributed by atoms with Crippen LogP contribution in [0.1, 0.15) is 18.4 Å². The Hall–Kier alpha value is -2.18. The van der Waals surface area contributed by atoms with E-state index in [1.54, 1.807) is 23.1 Å². The second-order valence-corrected chi connectivity index (χ2v) is 6.41. The lowest BCUT2D eigenvalue weighted by molar-refractivity contribution is -0.142. The molecule has 0 spiro atoms. The van der Waals surface area contributed by atoms with Gasteiger partial charge in [-0.25, -0.2) is 0 Å². The Morgan fingerprint density at radius 1 is 1.25 bits per heavy atom. The smallest absolute Gasteiger partial charge is 0.387 e. The summed E-state index contributed by atoms with van der Waals surface area (Å²) in [5.74, 6) is -1.29. The van der Waals surface area contributed by atoms with Crippen molar-refractivity contribution in [3.63, 3.8) is 0 Å². The van der Waals surface area contributed by atoms with Gasteiger partial charge in [-0.1, -0.05) is 18.2 Å². The number of rotatable bonds is 6. The third kappa shape index (κ3) is 3.66. The summed E-state index contributed by atoms with van der Waals surface area (Å²) >= 11 is 0. The highest BCUT2D eigenvalue weighted by atomic mass is 19.3. The summed E-state index contributed by atoms with van der Waals surface area (Å²) in [5.41, 5.74) is 0.379. The van der Waals surface area contributed by atoms with Gasteiger partial charge < -0.3 is 14.7 Å². The monoisotopic (exact) mass is 339 g/mol. The van der Waals surface area contributed by atoms with Crippen LogP contribution in [0.4, 0.5) is 8.78 Å². The zero-order valence-corrected chi connectivity index (χ0v) is 13.0. The predicted molar refractivity (Wildman–Crippen MR) is 80.7 cm³/mol. The summed E-state index contributed by atoms with van der Waals surface area (Å²) < 4.78 is 29.3. The average Bonchev–Trinajstić information content (AvgIpc) is 3.26. The first-order chi connectivity index (χ1) is 11.5. The van der Waals surface area contributed by atoms with E-state index >= 15 is 0 Å². The first-order valence-corrected chi connectivity index (χ1v) is 7.99. The number of halogens is 2. The average molecular weight is 339 g/mol. The molecule has 1 aliphatic heterocycles. The van der Waals surface area contributed by atoms with Crippen LogP contribution in [0.5, 0.6) is 5.75 Å². The zero-order valence-electron chi connectivity index (χ0n) is 13.0. The molecule has 5 nitrogen and oxygen atoms in total. The quantitative estimate of drug-likeness (QED) is 0.864. The standard InChI is InChI=1S/C17H19F2NO4/c18-17(19)24-14-4-2-1-3-11(14)7-15(21)20-8-12(10-5-6-10)13(9-20)16(22)23/h1-4,10,12-13,17H,5-9H2,(H,22,23)/t12-,13+/m1/s1. The summed E-state index contributed by atoms with van der Waals surface area (Å²) in [6, 6.07) is 6.17. The van der Waals surface area contributed by atoms with Gasteiger partial charge in [0.05, 0.1) is 12.3 Å². The van der Waals surface area contributed by atoms with Crippen LogP contribution in [-0.2, 0) is 16.0 Å². The highest BCUT2D eigenvalue weighted by Crippen LogP contribution is 2.44. The van der Waals surface area contributed by atoms with Gasteiger partial charge in [0.1, 0.15) is 5.75 Å². The molecule has 0 radical (unpaired) electrons. The van der Waals surface area contributed by atoms with E-state index in [2.05, 4.69) is 4.74 Å². The number of carbonyl (C=O) groups excluding carboxylic acids is 1. The number of carboxylic acids is 1. The van der Waals surface area contributed by atoms with Crippen molar-refractivity contribution in [2.75, 3.05) is 13.1 Å². The van der Waals surface area contributed by atoms with Crippen molar-refractivity contribution in [1.82, 2.24) is 4.90 Å². The number of nitrogens with zero attached hydrogens (tertiary/aromatic N) is 1. The summed E-state index contributed by atoms with van der Waals surface area (Å²) in [6.07, 6.45) is 1.95. The van der Waals surface area contributed by atoms with Crippen LogP contribution in [0.25, 0.3) is 0 Å². The maximum Gasteiger partial charge on any atom is 0.387 e. The van der Waals surface area contributed by atoms with Gasteiger partial charge in [0.2, 0.25) is 5.91 Å². The number of alkyl halides is 2. The molecule has 0 bridgehead atoms. The summed E-state index contributed by atoms with van der Waals surface area (Å²) in [6.45, 7) is -2.34. The second-order valence-electron chi connectivity index (χ2n) is 6.41. The van der Waals surface area contributed by atoms with Gasteiger partial charge in [0, 0.05) is 18.7 Å². The number of para-hydroxylation sites is 1. The summed E-state index contributed by atoms with van der Waals surface area (Å²) in [7, 11) is 0. The van der Waals surface area contributed by atoms with Crippen LogP contribution in [0.15, 0.2) is 24.3 Å². The molecule has 1 aromatic rings. The van der Waals surface area contributed by atoms with E-state index in [4.69, 9.17) is 0 Å². The van der Waals surface area contributed by atoms with E-state index in [1.807, 2.05) is 0 Å². The molecular formula is C17H19F2NO4. The fourth-order valence-corrected chi connectivity index (χ4v) is 3.43. The van der Waals surface area contributed by atoms with Gasteiger partial charge in [-0.3, -0.25) is 9.59 Å². The molecular weight excluding hydrogens is 320 g/mol. The highest BCUT2D eigenvalue weighted by molar-refractivity contribution is 5.81. The second kappa shape index (κ2) is 6.75. The topological polar surface area (TPSA) is 66.8 Å². The number of hydrogen-bond acceptors (Lipinski definition) is 3. The molecule has 7 heteroatoms. The number of hydrogen-bond donors (Lipinski definition) is 1. The first kappa shape index (κ1) is 16.7. The van der Waals surface area contributed by atoms with Gasteiger partial charge >= 0.3 is 12.6 Å². The van der Waals surface area contributed by atoms with Gasteiger partial charge in [-0.05, 0) is 30.7 Å². The maximum atomic E-state index is 12.5. The number of carbonyl (C=O) groups is 2. The van der Waals surface area contributed by atoms with E-state index in [-0.39, 0.29) is 30.5 Å². The number of likely N-dealkylation sites (tertiary alicyclic amines) is 1. The molecule has 2 fully saturated rings. The van der Waals surface area contributed by atoms with Crippen LogP contribution >= 0.6 is 0 Å². The predicted octanol–water partition coefficient (Wildman–Crippen LogP) is 2.40. The number of ether oxygens (including phenoxy) is 1. The molecule has 1 aromatic carbocycles. The molecule has 2 atom stereocenters. The first-order valence-electron chi connectivity index (χ1n) is 7.99. The van der Waals surface area contributed by atoms with Crippen molar-refractivity contribution in [3.8, 4) is 5.75 Å². The highest BCUT2D eigenvalue weighted by Gasteiger charge is 2.46. The van der Waals surface area contributed by atoms with E-state index in [1.165, 1.54) is 6.07 Å². The lowest BCUT2D eigenvalue weighted by Crippen LogP contribution is -2.31. The van der Waals surface area contributed by atoms with Crippen LogP contribution in [-0.4, -0.2) is 41.6 Å². The van der Waals surface area contributed by atoms with Crippen molar-refractivity contribution in [2.45, 2.75) is 25.9 Å². The molecule has 0 unspecified atom stereocenters. The van der Waals surface area contributed by atoms with Gasteiger partial charge in [0.25, 0.3) is 0 Å². The lowest BCUT2D eigenvalue weighted by Gasteiger charge is -2.17. The molecule has 3 rings (SSSR count). The molecule has 1 aliphatic carbocycles. The lowest BCUT2D eigenvalue weighted by atomic mass is 9.92. The third-order valence-corrected chi connectivity index (χ3v) is 4.79. The fraction of sp³-hybridized carbons (Fsp3) is 0.529. The Labute approximate surface area is 138 Å². The van der Waals surface area contributed by atoms with Crippen molar-refractivity contribution < 1.29 is 28.2 Å². The number of carboxylic acid groups (broad SMARTS) is 1. The normalized spacial score (nSPS) is 23.5. The Morgan fingerprint density at radius 3 is 2.58 bits per heavy atom. The van der Waals surface area contributed by atoms with Gasteiger partial charge in [-0.15, -0.1) is 0 Å². The SMILES string of the molecule is O=C(O)[C@H]1CN(C(=O)Cc2ccccc2OC(F)F)C[C@@H]1C1CC1. The van der Waals surface area contributed by atoms with Gasteiger partial charge in [-0.2, -0.15) is 8.78 Å². The molecule has 1 heterocycles. The molecule has 1 saturated carbocycles. The Balaban J connectivity index is 1.68. The molecule has 1 saturated heterocycles. The molecule has 0 aromatic heterocycles. The van der Waals surface area contributed by atoms with Crippen molar-refractivity contribution >= 4 is 11.9 Å². The molecule has 2 aliphatic rings. The zero-order chi connectivity index (χ0) is 17.3. The van der Waals surface area contributed by atoms with E-state index in [0.29, 0.717) is 18.0 Å². The molecule has 1 amide bonds. The summed E-state index contributed by atoms with van der Waals surface area (Å²) in [5, 5.41) is 9.35.